The lowest BCUT2D eigenvalue weighted by Gasteiger charge is -2.19. The van der Waals surface area contributed by atoms with Gasteiger partial charge in [-0.3, -0.25) is 19.2 Å². The normalized spacial score (nSPS) is 10.4. The van der Waals surface area contributed by atoms with E-state index in [0.29, 0.717) is 18.8 Å². The topological polar surface area (TPSA) is 68.3 Å². The summed E-state index contributed by atoms with van der Waals surface area (Å²) >= 11 is 31.5. The van der Waals surface area contributed by atoms with E-state index in [4.69, 9.17) is 69.6 Å². The zero-order valence-electron chi connectivity index (χ0n) is 22.0. The maximum Gasteiger partial charge on any atom is 0.229 e. The van der Waals surface area contributed by atoms with Gasteiger partial charge in [0.05, 0.1) is 5.41 Å². The molecule has 0 saturated heterocycles. The predicted molar refractivity (Wildman–Crippen MR) is 156 cm³/mol. The summed E-state index contributed by atoms with van der Waals surface area (Å²) in [6.45, 7) is 13.3. The SMILES string of the molecule is CC(C)(C(=O)Cl)C(Cl)Cl.CC(C)CCC(=O)Cl.CCC(CC)C(=O)Cl.Cc1ccc(CC(=O)Cl)cc1. The van der Waals surface area contributed by atoms with Gasteiger partial charge in [0.2, 0.25) is 21.0 Å². The Labute approximate surface area is 246 Å². The van der Waals surface area contributed by atoms with Gasteiger partial charge >= 0.3 is 0 Å². The molecular formula is C26H38Cl6O4. The van der Waals surface area contributed by atoms with Gasteiger partial charge in [-0.05, 0) is 97.9 Å². The maximum atomic E-state index is 10.5. The van der Waals surface area contributed by atoms with Gasteiger partial charge in [-0.2, -0.15) is 0 Å². The van der Waals surface area contributed by atoms with E-state index in [1.165, 1.54) is 5.56 Å². The molecule has 0 unspecified atom stereocenters. The van der Waals surface area contributed by atoms with Crippen LogP contribution >= 0.6 is 69.6 Å². The third-order valence-corrected chi connectivity index (χ3v) is 6.95. The number of aryl methyl sites for hydroxylation is 1. The lowest BCUT2D eigenvalue weighted by atomic mass is 9.99. The van der Waals surface area contributed by atoms with Crippen LogP contribution in [0.2, 0.25) is 0 Å². The molecule has 0 amide bonds. The van der Waals surface area contributed by atoms with E-state index in [2.05, 4.69) is 13.8 Å². The quantitative estimate of drug-likeness (QED) is 0.192. The summed E-state index contributed by atoms with van der Waals surface area (Å²) in [5.41, 5.74) is 1.32. The fourth-order valence-electron chi connectivity index (χ4n) is 1.96. The van der Waals surface area contributed by atoms with Crippen LogP contribution in [-0.4, -0.2) is 25.8 Å². The van der Waals surface area contributed by atoms with E-state index in [1.54, 1.807) is 13.8 Å². The fraction of sp³-hybridized carbons (Fsp3) is 0.615. The van der Waals surface area contributed by atoms with Gasteiger partial charge in [0.1, 0.15) is 4.84 Å². The Morgan fingerprint density at radius 3 is 1.44 bits per heavy atom. The number of carbonyl (C=O) groups is 4. The molecule has 1 rings (SSSR count). The first-order chi connectivity index (χ1) is 16.4. The van der Waals surface area contributed by atoms with Crippen LogP contribution in [0.15, 0.2) is 24.3 Å². The van der Waals surface area contributed by atoms with Crippen molar-refractivity contribution in [1.82, 2.24) is 0 Å². The zero-order valence-corrected chi connectivity index (χ0v) is 26.5. The van der Waals surface area contributed by atoms with Crippen molar-refractivity contribution in [3.63, 3.8) is 0 Å². The molecule has 0 saturated carbocycles. The van der Waals surface area contributed by atoms with E-state index in [1.807, 2.05) is 45.0 Å². The molecule has 208 valence electrons. The van der Waals surface area contributed by atoms with Crippen molar-refractivity contribution < 1.29 is 19.2 Å². The molecule has 0 radical (unpaired) electrons. The standard InChI is InChI=1S/C9H9ClO.2C6H11ClO.C5H7Cl3O/c1-7-2-4-8(5-3-7)6-9(10)11;1-5(2)3-4-6(7)8;1-3-5(4-2)6(7)8;1-5(2,3(6)7)4(8)9/h2-5H,6H2,1H3;2*5H,3-4H2,1-2H3;3H,1-2H3. The third kappa shape index (κ3) is 24.0. The van der Waals surface area contributed by atoms with E-state index in [-0.39, 0.29) is 21.6 Å². The molecule has 0 spiro atoms. The number of benzene rings is 1. The third-order valence-electron chi connectivity index (χ3n) is 4.74. The molecule has 0 bridgehead atoms. The summed E-state index contributed by atoms with van der Waals surface area (Å²) in [5.74, 6) is 0.661. The summed E-state index contributed by atoms with van der Waals surface area (Å²) in [4.78, 5) is 40.7. The number of hydrogen-bond acceptors (Lipinski definition) is 4. The second-order valence-electron chi connectivity index (χ2n) is 8.92. The second kappa shape index (κ2) is 22.6. The van der Waals surface area contributed by atoms with Gasteiger partial charge in [-0.25, -0.2) is 0 Å². The van der Waals surface area contributed by atoms with Crippen LogP contribution in [0.4, 0.5) is 0 Å². The van der Waals surface area contributed by atoms with Crippen LogP contribution in [0.25, 0.3) is 0 Å². The highest BCUT2D eigenvalue weighted by Crippen LogP contribution is 2.30. The largest absolute Gasteiger partial charge is 0.281 e. The monoisotopic (exact) mass is 624 g/mol. The fourth-order valence-corrected chi connectivity index (χ4v) is 2.96. The number of hydrogen-bond donors (Lipinski definition) is 0. The molecule has 4 nitrogen and oxygen atoms in total. The summed E-state index contributed by atoms with van der Waals surface area (Å²) in [6.07, 6.45) is 3.46. The first kappa shape index (κ1) is 40.1. The Morgan fingerprint density at radius 2 is 1.28 bits per heavy atom. The van der Waals surface area contributed by atoms with Crippen molar-refractivity contribution in [1.29, 1.82) is 0 Å². The molecule has 0 heterocycles. The predicted octanol–water partition coefficient (Wildman–Crippen LogP) is 9.26. The Hall–Kier alpha value is -0.360. The van der Waals surface area contributed by atoms with E-state index < -0.39 is 15.5 Å². The molecular weight excluding hydrogens is 589 g/mol. The molecule has 10 heteroatoms. The molecule has 0 fully saturated rings. The molecule has 0 aliphatic heterocycles. The van der Waals surface area contributed by atoms with Crippen molar-refractivity contribution in [3.8, 4) is 0 Å². The average Bonchev–Trinajstić information content (AvgIpc) is 2.75. The van der Waals surface area contributed by atoms with E-state index in [0.717, 1.165) is 24.8 Å². The molecule has 1 aromatic carbocycles. The minimum Gasteiger partial charge on any atom is -0.281 e. The van der Waals surface area contributed by atoms with Gasteiger partial charge in [0, 0.05) is 18.8 Å². The molecule has 0 atom stereocenters. The van der Waals surface area contributed by atoms with Crippen molar-refractivity contribution >= 4 is 90.6 Å². The summed E-state index contributed by atoms with van der Waals surface area (Å²) in [5, 5.41) is -1.25. The van der Waals surface area contributed by atoms with Crippen LogP contribution in [-0.2, 0) is 25.6 Å². The highest BCUT2D eigenvalue weighted by atomic mass is 35.5. The lowest BCUT2D eigenvalue weighted by Crippen LogP contribution is -2.26. The second-order valence-corrected chi connectivity index (χ2v) is 11.6. The minimum atomic E-state index is -0.843. The van der Waals surface area contributed by atoms with Crippen molar-refractivity contribution in [2.45, 2.75) is 85.4 Å². The van der Waals surface area contributed by atoms with Crippen molar-refractivity contribution in [2.75, 3.05) is 0 Å². The van der Waals surface area contributed by atoms with Gasteiger partial charge < -0.3 is 0 Å². The van der Waals surface area contributed by atoms with Crippen LogP contribution in [0.1, 0.15) is 78.4 Å². The van der Waals surface area contributed by atoms with Crippen molar-refractivity contribution in [3.05, 3.63) is 35.4 Å². The Bertz CT molecular complexity index is 773. The molecule has 0 aliphatic rings. The number of carbonyl (C=O) groups excluding carboxylic acids is 4. The van der Waals surface area contributed by atoms with Crippen LogP contribution in [0.5, 0.6) is 0 Å². The number of rotatable bonds is 10. The summed E-state index contributed by atoms with van der Waals surface area (Å²) in [6, 6.07) is 7.76. The van der Waals surface area contributed by atoms with Crippen LogP contribution < -0.4 is 0 Å². The molecule has 36 heavy (non-hydrogen) atoms. The summed E-state index contributed by atoms with van der Waals surface area (Å²) < 4.78 is 0. The smallest absolute Gasteiger partial charge is 0.229 e. The summed E-state index contributed by atoms with van der Waals surface area (Å²) in [7, 11) is 0. The number of halogens is 6. The lowest BCUT2D eigenvalue weighted by molar-refractivity contribution is -0.118. The highest BCUT2D eigenvalue weighted by molar-refractivity contribution is 6.66. The molecule has 0 aliphatic carbocycles. The zero-order chi connectivity index (χ0) is 29.1. The minimum absolute atomic E-state index is 0.0802. The van der Waals surface area contributed by atoms with Gasteiger partial charge in [0.25, 0.3) is 0 Å². The first-order valence-electron chi connectivity index (χ1n) is 11.5. The molecule has 0 aromatic heterocycles. The van der Waals surface area contributed by atoms with E-state index >= 15 is 0 Å². The maximum absolute atomic E-state index is 10.5. The first-order valence-corrected chi connectivity index (χ1v) is 13.9. The highest BCUT2D eigenvalue weighted by Gasteiger charge is 2.32. The van der Waals surface area contributed by atoms with Crippen LogP contribution in [0.3, 0.4) is 0 Å². The van der Waals surface area contributed by atoms with Crippen molar-refractivity contribution in [2.24, 2.45) is 17.3 Å². The average molecular weight is 627 g/mol. The number of alkyl halides is 2. The van der Waals surface area contributed by atoms with Gasteiger partial charge in [-0.15, -0.1) is 23.2 Å². The molecule has 0 N–H and O–H groups in total. The molecule has 1 aromatic rings. The van der Waals surface area contributed by atoms with Gasteiger partial charge in [-0.1, -0.05) is 57.5 Å². The van der Waals surface area contributed by atoms with Crippen LogP contribution in [0, 0.1) is 24.2 Å². The van der Waals surface area contributed by atoms with Gasteiger partial charge in [0.15, 0.2) is 0 Å². The Balaban J connectivity index is -0.000000408. The Morgan fingerprint density at radius 1 is 0.833 bits per heavy atom. The Kier molecular flexibility index (Phi) is 25.2. The van der Waals surface area contributed by atoms with E-state index in [9.17, 15) is 19.2 Å².